The van der Waals surface area contributed by atoms with Gasteiger partial charge < -0.3 is 10.1 Å². The third kappa shape index (κ3) is 3.33. The second-order valence-electron chi connectivity index (χ2n) is 3.64. The molecule has 3 heteroatoms. The van der Waals surface area contributed by atoms with Crippen LogP contribution in [0.1, 0.15) is 19.8 Å². The Labute approximate surface area is 79.4 Å². The molecule has 0 aliphatic carbocycles. The summed E-state index contributed by atoms with van der Waals surface area (Å²) in [6, 6.07) is 0. The van der Waals surface area contributed by atoms with Crippen molar-refractivity contribution in [3.05, 3.63) is 0 Å². The summed E-state index contributed by atoms with van der Waals surface area (Å²) in [5, 5.41) is 3.55. The standard InChI is InChI=1S/C9H19NOS/c1-9(4-6-11-8-9)10-5-3-7-12-2/h10H,3-8H2,1-2H3. The minimum absolute atomic E-state index is 0.262. The van der Waals surface area contributed by atoms with Gasteiger partial charge in [-0.1, -0.05) is 0 Å². The molecule has 1 heterocycles. The Morgan fingerprint density at radius 2 is 2.42 bits per heavy atom. The van der Waals surface area contributed by atoms with E-state index in [9.17, 15) is 0 Å². The third-order valence-electron chi connectivity index (χ3n) is 2.30. The summed E-state index contributed by atoms with van der Waals surface area (Å²) in [5.74, 6) is 1.25. The monoisotopic (exact) mass is 189 g/mol. The predicted octanol–water partition coefficient (Wildman–Crippen LogP) is 1.51. The van der Waals surface area contributed by atoms with Crippen molar-refractivity contribution in [2.75, 3.05) is 31.8 Å². The molecule has 1 aliphatic heterocycles. The second kappa shape index (κ2) is 5.10. The van der Waals surface area contributed by atoms with Crippen LogP contribution in [0.3, 0.4) is 0 Å². The van der Waals surface area contributed by atoms with Gasteiger partial charge in [-0.2, -0.15) is 11.8 Å². The summed E-state index contributed by atoms with van der Waals surface area (Å²) in [5.41, 5.74) is 0.262. The minimum atomic E-state index is 0.262. The van der Waals surface area contributed by atoms with Crippen LogP contribution >= 0.6 is 11.8 Å². The Balaban J connectivity index is 2.05. The number of thioether (sulfide) groups is 1. The van der Waals surface area contributed by atoms with Crippen LogP contribution in [0.15, 0.2) is 0 Å². The minimum Gasteiger partial charge on any atom is -0.379 e. The lowest BCUT2D eigenvalue weighted by atomic mass is 10.0. The Hall–Kier alpha value is 0.270. The molecule has 0 saturated carbocycles. The first-order chi connectivity index (χ1) is 5.77. The Kier molecular flexibility index (Phi) is 4.40. The molecule has 1 aliphatic rings. The molecule has 1 N–H and O–H groups in total. The summed E-state index contributed by atoms with van der Waals surface area (Å²) in [4.78, 5) is 0. The average Bonchev–Trinajstić information content (AvgIpc) is 2.47. The van der Waals surface area contributed by atoms with Gasteiger partial charge in [-0.05, 0) is 38.3 Å². The summed E-state index contributed by atoms with van der Waals surface area (Å²) < 4.78 is 5.35. The van der Waals surface area contributed by atoms with Gasteiger partial charge in [0.05, 0.1) is 6.61 Å². The highest BCUT2D eigenvalue weighted by Gasteiger charge is 2.28. The molecule has 0 radical (unpaired) electrons. The SMILES string of the molecule is CSCCCNC1(C)CCOC1. The number of rotatable bonds is 5. The Bertz CT molecular complexity index is 124. The van der Waals surface area contributed by atoms with Crippen LogP contribution in [0, 0.1) is 0 Å². The highest BCUT2D eigenvalue weighted by Crippen LogP contribution is 2.17. The lowest BCUT2D eigenvalue weighted by Gasteiger charge is -2.23. The Morgan fingerprint density at radius 1 is 1.58 bits per heavy atom. The molecule has 0 spiro atoms. The van der Waals surface area contributed by atoms with E-state index in [-0.39, 0.29) is 5.54 Å². The topological polar surface area (TPSA) is 21.3 Å². The maximum atomic E-state index is 5.35. The molecular weight excluding hydrogens is 170 g/mol. The van der Waals surface area contributed by atoms with E-state index in [1.54, 1.807) is 0 Å². The average molecular weight is 189 g/mol. The van der Waals surface area contributed by atoms with Gasteiger partial charge in [-0.3, -0.25) is 0 Å². The maximum absolute atomic E-state index is 5.35. The molecule has 0 aromatic heterocycles. The largest absolute Gasteiger partial charge is 0.379 e. The first-order valence-corrected chi connectivity index (χ1v) is 5.98. The smallest absolute Gasteiger partial charge is 0.0646 e. The van der Waals surface area contributed by atoms with E-state index in [2.05, 4.69) is 18.5 Å². The molecule has 0 amide bonds. The molecule has 1 unspecified atom stereocenters. The van der Waals surface area contributed by atoms with Gasteiger partial charge in [0.1, 0.15) is 0 Å². The van der Waals surface area contributed by atoms with Crippen LogP contribution in [-0.4, -0.2) is 37.3 Å². The van der Waals surface area contributed by atoms with E-state index < -0.39 is 0 Å². The molecule has 0 aromatic carbocycles. The molecule has 1 atom stereocenters. The third-order valence-corrected chi connectivity index (χ3v) is 2.99. The molecule has 1 saturated heterocycles. The highest BCUT2D eigenvalue weighted by molar-refractivity contribution is 7.98. The van der Waals surface area contributed by atoms with Crippen molar-refractivity contribution in [2.45, 2.75) is 25.3 Å². The van der Waals surface area contributed by atoms with Gasteiger partial charge >= 0.3 is 0 Å². The van der Waals surface area contributed by atoms with Crippen molar-refractivity contribution in [2.24, 2.45) is 0 Å². The molecule has 2 nitrogen and oxygen atoms in total. The highest BCUT2D eigenvalue weighted by atomic mass is 32.2. The fourth-order valence-electron chi connectivity index (χ4n) is 1.41. The van der Waals surface area contributed by atoms with Crippen LogP contribution < -0.4 is 5.32 Å². The molecule has 72 valence electrons. The van der Waals surface area contributed by atoms with Crippen molar-refractivity contribution < 1.29 is 4.74 Å². The maximum Gasteiger partial charge on any atom is 0.0646 e. The van der Waals surface area contributed by atoms with Crippen molar-refractivity contribution in [1.29, 1.82) is 0 Å². The van der Waals surface area contributed by atoms with Gasteiger partial charge in [0.2, 0.25) is 0 Å². The first-order valence-electron chi connectivity index (χ1n) is 4.58. The van der Waals surface area contributed by atoms with Crippen LogP contribution in [0.4, 0.5) is 0 Å². The van der Waals surface area contributed by atoms with Gasteiger partial charge in [0, 0.05) is 12.1 Å². The van der Waals surface area contributed by atoms with Crippen LogP contribution in [0.5, 0.6) is 0 Å². The molecule has 1 fully saturated rings. The molecule has 0 aromatic rings. The van der Waals surface area contributed by atoms with E-state index >= 15 is 0 Å². The van der Waals surface area contributed by atoms with Crippen LogP contribution in [-0.2, 0) is 4.74 Å². The Morgan fingerprint density at radius 3 is 3.00 bits per heavy atom. The van der Waals surface area contributed by atoms with Crippen LogP contribution in [0.25, 0.3) is 0 Å². The normalized spacial score (nSPS) is 29.5. The van der Waals surface area contributed by atoms with E-state index in [0.29, 0.717) is 0 Å². The van der Waals surface area contributed by atoms with Crippen molar-refractivity contribution in [3.8, 4) is 0 Å². The molecule has 12 heavy (non-hydrogen) atoms. The predicted molar refractivity (Wildman–Crippen MR) is 54.8 cm³/mol. The van der Waals surface area contributed by atoms with E-state index in [4.69, 9.17) is 4.74 Å². The molecule has 1 rings (SSSR count). The zero-order chi connectivity index (χ0) is 8.86. The van der Waals surface area contributed by atoms with Crippen molar-refractivity contribution in [3.63, 3.8) is 0 Å². The van der Waals surface area contributed by atoms with E-state index in [1.165, 1.54) is 12.2 Å². The number of hydrogen-bond acceptors (Lipinski definition) is 3. The van der Waals surface area contributed by atoms with E-state index in [1.807, 2.05) is 11.8 Å². The quantitative estimate of drug-likeness (QED) is 0.662. The summed E-state index contributed by atoms with van der Waals surface area (Å²) in [6.07, 6.45) is 4.57. The van der Waals surface area contributed by atoms with Crippen molar-refractivity contribution >= 4 is 11.8 Å². The fraction of sp³-hybridized carbons (Fsp3) is 1.00. The van der Waals surface area contributed by atoms with E-state index in [0.717, 1.165) is 26.2 Å². The zero-order valence-corrected chi connectivity index (χ0v) is 8.88. The van der Waals surface area contributed by atoms with Crippen molar-refractivity contribution in [1.82, 2.24) is 5.32 Å². The molecule has 0 bridgehead atoms. The molecular formula is C9H19NOS. The lowest BCUT2D eigenvalue weighted by Crippen LogP contribution is -2.43. The van der Waals surface area contributed by atoms with Crippen LogP contribution in [0.2, 0.25) is 0 Å². The van der Waals surface area contributed by atoms with Gasteiger partial charge in [-0.15, -0.1) is 0 Å². The van der Waals surface area contributed by atoms with Gasteiger partial charge in [0.25, 0.3) is 0 Å². The zero-order valence-electron chi connectivity index (χ0n) is 8.06. The summed E-state index contributed by atoms with van der Waals surface area (Å²) in [6.45, 7) is 5.18. The fourth-order valence-corrected chi connectivity index (χ4v) is 1.85. The summed E-state index contributed by atoms with van der Waals surface area (Å²) in [7, 11) is 0. The second-order valence-corrected chi connectivity index (χ2v) is 4.62. The van der Waals surface area contributed by atoms with Gasteiger partial charge in [0.15, 0.2) is 0 Å². The number of hydrogen-bond donors (Lipinski definition) is 1. The lowest BCUT2D eigenvalue weighted by molar-refractivity contribution is 0.172. The number of ether oxygens (including phenoxy) is 1. The summed E-state index contributed by atoms with van der Waals surface area (Å²) >= 11 is 1.91. The van der Waals surface area contributed by atoms with Gasteiger partial charge in [-0.25, -0.2) is 0 Å². The first kappa shape index (κ1) is 10.4. The number of nitrogens with one attached hydrogen (secondary N) is 1.